The largest absolute Gasteiger partial charge is 0.321 e. The second-order valence-corrected chi connectivity index (χ2v) is 7.44. The van der Waals surface area contributed by atoms with E-state index in [0.717, 1.165) is 26.8 Å². The van der Waals surface area contributed by atoms with Gasteiger partial charge in [0.15, 0.2) is 5.69 Å². The first kappa shape index (κ1) is 15.7. The molecule has 1 amide bonds. The Balaban J connectivity index is 1.53. The van der Waals surface area contributed by atoms with Gasteiger partial charge in [-0.15, -0.1) is 22.7 Å². The number of amides is 1. The molecule has 2 N–H and O–H groups in total. The monoisotopic (exact) mass is 366 g/mol. The van der Waals surface area contributed by atoms with E-state index in [0.29, 0.717) is 11.4 Å². The SMILES string of the molecule is Cc1nc(-c2cccc(NC(=O)c3cc(-c4cccs4)[nH]n3)c2)cs1. The molecule has 3 aromatic heterocycles. The van der Waals surface area contributed by atoms with Gasteiger partial charge in [0.25, 0.3) is 5.91 Å². The van der Waals surface area contributed by atoms with E-state index >= 15 is 0 Å². The minimum atomic E-state index is -0.245. The van der Waals surface area contributed by atoms with Crippen molar-refractivity contribution in [2.24, 2.45) is 0 Å². The molecule has 0 unspecified atom stereocenters. The zero-order valence-electron chi connectivity index (χ0n) is 13.3. The first-order valence-corrected chi connectivity index (χ1v) is 9.38. The number of nitrogens with one attached hydrogen (secondary N) is 2. The molecule has 5 nitrogen and oxygen atoms in total. The number of anilines is 1. The second kappa shape index (κ2) is 6.62. The molecule has 7 heteroatoms. The van der Waals surface area contributed by atoms with E-state index in [9.17, 15) is 4.79 Å². The number of aromatic nitrogens is 3. The van der Waals surface area contributed by atoms with Crippen LogP contribution in [0.1, 0.15) is 15.5 Å². The summed E-state index contributed by atoms with van der Waals surface area (Å²) >= 11 is 3.20. The van der Waals surface area contributed by atoms with Crippen LogP contribution in [0.5, 0.6) is 0 Å². The minimum absolute atomic E-state index is 0.245. The smallest absolute Gasteiger partial charge is 0.276 e. The van der Waals surface area contributed by atoms with E-state index in [1.807, 2.05) is 54.1 Å². The van der Waals surface area contributed by atoms with E-state index in [1.165, 1.54) is 0 Å². The number of nitrogens with zero attached hydrogens (tertiary/aromatic N) is 2. The van der Waals surface area contributed by atoms with Crippen molar-refractivity contribution in [2.75, 3.05) is 5.32 Å². The number of hydrogen-bond acceptors (Lipinski definition) is 5. The van der Waals surface area contributed by atoms with Crippen molar-refractivity contribution in [1.29, 1.82) is 0 Å². The third-order valence-electron chi connectivity index (χ3n) is 3.63. The Morgan fingerprint density at radius 2 is 2.08 bits per heavy atom. The highest BCUT2D eigenvalue weighted by Gasteiger charge is 2.13. The number of thiazole rings is 1. The summed E-state index contributed by atoms with van der Waals surface area (Å²) in [6.45, 7) is 1.97. The fourth-order valence-corrected chi connectivity index (χ4v) is 3.76. The molecule has 0 bridgehead atoms. The van der Waals surface area contributed by atoms with Gasteiger partial charge >= 0.3 is 0 Å². The van der Waals surface area contributed by atoms with Gasteiger partial charge in [0.2, 0.25) is 0 Å². The van der Waals surface area contributed by atoms with Crippen molar-refractivity contribution in [2.45, 2.75) is 6.92 Å². The lowest BCUT2D eigenvalue weighted by atomic mass is 10.1. The molecule has 0 spiro atoms. The average Bonchev–Trinajstić information content (AvgIpc) is 3.36. The maximum absolute atomic E-state index is 12.4. The molecule has 3 heterocycles. The van der Waals surface area contributed by atoms with E-state index in [4.69, 9.17) is 0 Å². The molecule has 0 aliphatic heterocycles. The summed E-state index contributed by atoms with van der Waals surface area (Å²) in [6, 6.07) is 13.4. The normalized spacial score (nSPS) is 10.8. The summed E-state index contributed by atoms with van der Waals surface area (Å²) in [7, 11) is 0. The third kappa shape index (κ3) is 3.38. The van der Waals surface area contributed by atoms with Crippen LogP contribution in [0.25, 0.3) is 21.8 Å². The van der Waals surface area contributed by atoms with Crippen molar-refractivity contribution in [3.05, 3.63) is 63.9 Å². The Bertz CT molecular complexity index is 1020. The lowest BCUT2D eigenvalue weighted by Gasteiger charge is -2.05. The number of thiophene rings is 1. The summed E-state index contributed by atoms with van der Waals surface area (Å²) in [5, 5.41) is 14.9. The van der Waals surface area contributed by atoms with Gasteiger partial charge in [-0.25, -0.2) is 4.98 Å². The highest BCUT2D eigenvalue weighted by atomic mass is 32.1. The van der Waals surface area contributed by atoms with Gasteiger partial charge in [0.05, 0.1) is 21.3 Å². The van der Waals surface area contributed by atoms with Crippen molar-refractivity contribution in [1.82, 2.24) is 15.2 Å². The molecule has 0 radical (unpaired) electrons. The van der Waals surface area contributed by atoms with Crippen LogP contribution < -0.4 is 5.32 Å². The number of aryl methyl sites for hydroxylation is 1. The lowest BCUT2D eigenvalue weighted by Crippen LogP contribution is -2.12. The van der Waals surface area contributed by atoms with Gasteiger partial charge in [-0.2, -0.15) is 5.10 Å². The Labute approximate surface area is 152 Å². The van der Waals surface area contributed by atoms with Gasteiger partial charge in [-0.3, -0.25) is 9.89 Å². The highest BCUT2D eigenvalue weighted by Crippen LogP contribution is 2.25. The number of rotatable bonds is 4. The molecular formula is C18H14N4OS2. The summed E-state index contributed by atoms with van der Waals surface area (Å²) in [6.07, 6.45) is 0. The summed E-state index contributed by atoms with van der Waals surface area (Å²) in [5.41, 5.74) is 3.81. The number of H-pyrrole nitrogens is 1. The number of carbonyl (C=O) groups excluding carboxylic acids is 1. The quantitative estimate of drug-likeness (QED) is 0.544. The van der Waals surface area contributed by atoms with Gasteiger partial charge in [-0.1, -0.05) is 18.2 Å². The third-order valence-corrected chi connectivity index (χ3v) is 5.31. The molecule has 0 aliphatic carbocycles. The minimum Gasteiger partial charge on any atom is -0.321 e. The maximum atomic E-state index is 12.4. The van der Waals surface area contributed by atoms with Gasteiger partial charge in [0, 0.05) is 16.6 Å². The molecule has 0 atom stereocenters. The molecule has 0 saturated carbocycles. The Kier molecular flexibility index (Phi) is 4.17. The Morgan fingerprint density at radius 1 is 1.16 bits per heavy atom. The average molecular weight is 366 g/mol. The van der Waals surface area contributed by atoms with Crippen molar-refractivity contribution >= 4 is 34.3 Å². The number of carbonyl (C=O) groups is 1. The van der Waals surface area contributed by atoms with Crippen LogP contribution in [0.15, 0.2) is 53.2 Å². The van der Waals surface area contributed by atoms with Gasteiger partial charge in [0.1, 0.15) is 0 Å². The van der Waals surface area contributed by atoms with Crippen LogP contribution in [0.3, 0.4) is 0 Å². The van der Waals surface area contributed by atoms with Gasteiger partial charge in [-0.05, 0) is 36.6 Å². The van der Waals surface area contributed by atoms with Crippen LogP contribution in [0, 0.1) is 6.92 Å². The van der Waals surface area contributed by atoms with Crippen molar-refractivity contribution < 1.29 is 4.79 Å². The van der Waals surface area contributed by atoms with E-state index in [1.54, 1.807) is 28.7 Å². The summed E-state index contributed by atoms with van der Waals surface area (Å²) in [4.78, 5) is 18.0. The molecule has 4 rings (SSSR count). The number of aromatic amines is 1. The van der Waals surface area contributed by atoms with Crippen molar-refractivity contribution in [3.63, 3.8) is 0 Å². The lowest BCUT2D eigenvalue weighted by molar-refractivity contribution is 0.102. The fourth-order valence-electron chi connectivity index (χ4n) is 2.44. The predicted octanol–water partition coefficient (Wildman–Crippen LogP) is 4.82. The first-order chi connectivity index (χ1) is 12.2. The van der Waals surface area contributed by atoms with Gasteiger partial charge < -0.3 is 5.32 Å². The second-order valence-electron chi connectivity index (χ2n) is 5.43. The molecule has 4 aromatic rings. The number of benzene rings is 1. The zero-order valence-corrected chi connectivity index (χ0v) is 14.9. The molecule has 0 saturated heterocycles. The predicted molar refractivity (Wildman–Crippen MR) is 102 cm³/mol. The van der Waals surface area contributed by atoms with Crippen LogP contribution in [0.2, 0.25) is 0 Å². The van der Waals surface area contributed by atoms with Crippen LogP contribution in [0.4, 0.5) is 5.69 Å². The maximum Gasteiger partial charge on any atom is 0.276 e. The summed E-state index contributed by atoms with van der Waals surface area (Å²) in [5.74, 6) is -0.245. The Morgan fingerprint density at radius 3 is 2.84 bits per heavy atom. The first-order valence-electron chi connectivity index (χ1n) is 7.62. The van der Waals surface area contributed by atoms with E-state index < -0.39 is 0 Å². The van der Waals surface area contributed by atoms with E-state index in [2.05, 4.69) is 20.5 Å². The molecule has 124 valence electrons. The fraction of sp³-hybridized carbons (Fsp3) is 0.0556. The van der Waals surface area contributed by atoms with Crippen LogP contribution >= 0.6 is 22.7 Å². The van der Waals surface area contributed by atoms with E-state index in [-0.39, 0.29) is 5.91 Å². The van der Waals surface area contributed by atoms with Crippen LogP contribution in [-0.4, -0.2) is 21.1 Å². The summed E-state index contributed by atoms with van der Waals surface area (Å²) < 4.78 is 0. The molecular weight excluding hydrogens is 352 g/mol. The molecule has 0 fully saturated rings. The zero-order chi connectivity index (χ0) is 17.2. The van der Waals surface area contributed by atoms with Crippen LogP contribution in [-0.2, 0) is 0 Å². The molecule has 1 aromatic carbocycles. The number of hydrogen-bond donors (Lipinski definition) is 2. The molecule has 0 aliphatic rings. The molecule has 25 heavy (non-hydrogen) atoms. The Hall–Kier alpha value is -2.77. The van der Waals surface area contributed by atoms with Crippen molar-refractivity contribution in [3.8, 4) is 21.8 Å². The topological polar surface area (TPSA) is 70.7 Å². The standard InChI is InChI=1S/C18H14N4OS2/c1-11-19-16(10-25-11)12-4-2-5-13(8-12)20-18(23)15-9-14(21-22-15)17-6-3-7-24-17/h2-10H,1H3,(H,20,23)(H,21,22). The highest BCUT2D eigenvalue weighted by molar-refractivity contribution is 7.13.